The van der Waals surface area contributed by atoms with Crippen molar-refractivity contribution in [1.82, 2.24) is 0 Å². The van der Waals surface area contributed by atoms with E-state index in [-0.39, 0.29) is 22.4 Å². The number of anilines is 1. The molecule has 0 fully saturated rings. The maximum Gasteiger partial charge on any atom is 0.260 e. The standard InChI is InChI=1S/C15H10ClNO3/c16-14-11(7-8-20-14)15(19)17-12-5-1-4-10-9(12)3-2-6-13(10)18/h1-8,18H,(H,17,19). The molecule has 20 heavy (non-hydrogen) atoms. The molecule has 3 rings (SSSR count). The Morgan fingerprint density at radius 2 is 1.85 bits per heavy atom. The zero-order chi connectivity index (χ0) is 14.1. The monoisotopic (exact) mass is 287 g/mol. The van der Waals surface area contributed by atoms with Gasteiger partial charge in [-0.1, -0.05) is 24.3 Å². The number of halogens is 1. The number of carbonyl (C=O) groups is 1. The Labute approximate surface area is 119 Å². The molecule has 1 heterocycles. The lowest BCUT2D eigenvalue weighted by molar-refractivity contribution is 0.102. The molecule has 5 heteroatoms. The van der Waals surface area contributed by atoms with Crippen molar-refractivity contribution in [1.29, 1.82) is 0 Å². The fraction of sp³-hybridized carbons (Fsp3) is 0. The van der Waals surface area contributed by atoms with Gasteiger partial charge in [-0.05, 0) is 29.8 Å². The average Bonchev–Trinajstić information content (AvgIpc) is 2.86. The Kier molecular flexibility index (Phi) is 3.08. The van der Waals surface area contributed by atoms with Crippen LogP contribution in [0, 0.1) is 0 Å². The number of furan rings is 1. The van der Waals surface area contributed by atoms with Crippen LogP contribution < -0.4 is 5.32 Å². The van der Waals surface area contributed by atoms with Gasteiger partial charge >= 0.3 is 0 Å². The van der Waals surface area contributed by atoms with E-state index in [0.29, 0.717) is 11.1 Å². The summed E-state index contributed by atoms with van der Waals surface area (Å²) in [5, 5.41) is 14.0. The van der Waals surface area contributed by atoms with Crippen LogP contribution in [0.1, 0.15) is 10.4 Å². The van der Waals surface area contributed by atoms with Crippen molar-refractivity contribution in [2.45, 2.75) is 0 Å². The van der Waals surface area contributed by atoms with E-state index in [2.05, 4.69) is 5.32 Å². The Morgan fingerprint density at radius 3 is 2.60 bits per heavy atom. The molecule has 0 bridgehead atoms. The first kappa shape index (κ1) is 12.6. The molecule has 4 nitrogen and oxygen atoms in total. The topological polar surface area (TPSA) is 62.5 Å². The number of fused-ring (bicyclic) bond motifs is 1. The highest BCUT2D eigenvalue weighted by Crippen LogP contribution is 2.30. The highest BCUT2D eigenvalue weighted by molar-refractivity contribution is 6.32. The summed E-state index contributed by atoms with van der Waals surface area (Å²) in [7, 11) is 0. The lowest BCUT2D eigenvalue weighted by Gasteiger charge is -2.09. The maximum absolute atomic E-state index is 12.1. The van der Waals surface area contributed by atoms with Gasteiger partial charge in [0.15, 0.2) is 0 Å². The van der Waals surface area contributed by atoms with Gasteiger partial charge < -0.3 is 14.8 Å². The van der Waals surface area contributed by atoms with Crippen LogP contribution in [0.15, 0.2) is 53.1 Å². The molecule has 0 unspecified atom stereocenters. The highest BCUT2D eigenvalue weighted by atomic mass is 35.5. The van der Waals surface area contributed by atoms with Gasteiger partial charge in [0.25, 0.3) is 5.91 Å². The number of carbonyl (C=O) groups excluding carboxylic acids is 1. The summed E-state index contributed by atoms with van der Waals surface area (Å²) in [6, 6.07) is 11.9. The molecule has 3 aromatic rings. The molecule has 100 valence electrons. The molecule has 1 aromatic heterocycles. The SMILES string of the molecule is O=C(Nc1cccc2c(O)cccc12)c1ccoc1Cl. The van der Waals surface area contributed by atoms with Crippen molar-refractivity contribution in [2.24, 2.45) is 0 Å². The zero-order valence-electron chi connectivity index (χ0n) is 10.3. The number of amides is 1. The van der Waals surface area contributed by atoms with Crippen LogP contribution in [0.25, 0.3) is 10.8 Å². The Balaban J connectivity index is 2.02. The molecular weight excluding hydrogens is 278 g/mol. The normalized spacial score (nSPS) is 10.7. The summed E-state index contributed by atoms with van der Waals surface area (Å²) < 4.78 is 4.89. The van der Waals surface area contributed by atoms with Crippen molar-refractivity contribution in [2.75, 3.05) is 5.32 Å². The molecule has 0 saturated heterocycles. The predicted octanol–water partition coefficient (Wildman–Crippen LogP) is 4.04. The van der Waals surface area contributed by atoms with Gasteiger partial charge in [-0.3, -0.25) is 4.79 Å². The van der Waals surface area contributed by atoms with Gasteiger partial charge in [-0.2, -0.15) is 0 Å². The van der Waals surface area contributed by atoms with E-state index in [1.54, 1.807) is 30.3 Å². The lowest BCUT2D eigenvalue weighted by Crippen LogP contribution is -2.11. The average molecular weight is 288 g/mol. The van der Waals surface area contributed by atoms with E-state index in [1.807, 2.05) is 6.07 Å². The Hall–Kier alpha value is -2.46. The minimum Gasteiger partial charge on any atom is -0.507 e. The second-order valence-electron chi connectivity index (χ2n) is 4.24. The van der Waals surface area contributed by atoms with Crippen molar-refractivity contribution in [3.8, 4) is 5.75 Å². The molecule has 0 aliphatic heterocycles. The predicted molar refractivity (Wildman–Crippen MR) is 77.3 cm³/mol. The van der Waals surface area contributed by atoms with Crippen molar-refractivity contribution >= 4 is 34.0 Å². The molecule has 0 saturated carbocycles. The number of aromatic hydroxyl groups is 1. The maximum atomic E-state index is 12.1. The van der Waals surface area contributed by atoms with Crippen LogP contribution >= 0.6 is 11.6 Å². The largest absolute Gasteiger partial charge is 0.507 e. The third kappa shape index (κ3) is 2.10. The van der Waals surface area contributed by atoms with Crippen LogP contribution in [-0.4, -0.2) is 11.0 Å². The highest BCUT2D eigenvalue weighted by Gasteiger charge is 2.14. The van der Waals surface area contributed by atoms with E-state index in [0.717, 1.165) is 5.39 Å². The van der Waals surface area contributed by atoms with Gasteiger partial charge in [0.2, 0.25) is 5.22 Å². The molecule has 0 atom stereocenters. The second kappa shape index (κ2) is 4.90. The van der Waals surface area contributed by atoms with Crippen LogP contribution in [0.2, 0.25) is 5.22 Å². The Bertz CT molecular complexity index is 795. The second-order valence-corrected chi connectivity index (χ2v) is 4.58. The minimum absolute atomic E-state index is 0.0468. The third-order valence-electron chi connectivity index (χ3n) is 3.01. The van der Waals surface area contributed by atoms with E-state index < -0.39 is 0 Å². The summed E-state index contributed by atoms with van der Waals surface area (Å²) in [5.41, 5.74) is 0.865. The zero-order valence-corrected chi connectivity index (χ0v) is 11.0. The van der Waals surface area contributed by atoms with Crippen molar-refractivity contribution in [3.05, 3.63) is 59.5 Å². The molecule has 2 N–H and O–H groups in total. The first-order chi connectivity index (χ1) is 9.66. The van der Waals surface area contributed by atoms with Crippen LogP contribution in [0.5, 0.6) is 5.75 Å². The molecule has 0 spiro atoms. The summed E-state index contributed by atoms with van der Waals surface area (Å²) in [5.74, 6) is -0.195. The molecule has 0 aliphatic carbocycles. The van der Waals surface area contributed by atoms with Crippen LogP contribution in [-0.2, 0) is 0 Å². The molecule has 1 amide bonds. The first-order valence-corrected chi connectivity index (χ1v) is 6.29. The van der Waals surface area contributed by atoms with Gasteiger partial charge in [0.05, 0.1) is 11.8 Å². The van der Waals surface area contributed by atoms with E-state index in [9.17, 15) is 9.90 Å². The molecule has 0 radical (unpaired) electrons. The third-order valence-corrected chi connectivity index (χ3v) is 3.30. The summed E-state index contributed by atoms with van der Waals surface area (Å²) >= 11 is 5.78. The van der Waals surface area contributed by atoms with E-state index >= 15 is 0 Å². The van der Waals surface area contributed by atoms with E-state index in [1.165, 1.54) is 12.3 Å². The number of hydrogen-bond donors (Lipinski definition) is 2. The summed E-state index contributed by atoms with van der Waals surface area (Å²) in [6.07, 6.45) is 1.35. The lowest BCUT2D eigenvalue weighted by atomic mass is 10.1. The first-order valence-electron chi connectivity index (χ1n) is 5.92. The van der Waals surface area contributed by atoms with Gasteiger partial charge in [0, 0.05) is 16.5 Å². The summed E-state index contributed by atoms with van der Waals surface area (Å²) in [6.45, 7) is 0. The van der Waals surface area contributed by atoms with Gasteiger partial charge in [0.1, 0.15) is 5.75 Å². The van der Waals surface area contributed by atoms with Crippen molar-refractivity contribution in [3.63, 3.8) is 0 Å². The number of nitrogens with one attached hydrogen (secondary N) is 1. The molecular formula is C15H10ClNO3. The van der Waals surface area contributed by atoms with Crippen LogP contribution in [0.3, 0.4) is 0 Å². The fourth-order valence-electron chi connectivity index (χ4n) is 2.05. The molecule has 2 aromatic carbocycles. The minimum atomic E-state index is -0.361. The number of phenolic OH excluding ortho intramolecular Hbond substituents is 1. The quantitative estimate of drug-likeness (QED) is 0.747. The smallest absolute Gasteiger partial charge is 0.260 e. The number of phenols is 1. The van der Waals surface area contributed by atoms with Crippen LogP contribution in [0.4, 0.5) is 5.69 Å². The number of benzene rings is 2. The van der Waals surface area contributed by atoms with E-state index in [4.69, 9.17) is 16.0 Å². The molecule has 0 aliphatic rings. The fourth-order valence-corrected chi connectivity index (χ4v) is 2.25. The van der Waals surface area contributed by atoms with Gasteiger partial charge in [-0.25, -0.2) is 0 Å². The summed E-state index contributed by atoms with van der Waals surface area (Å²) in [4.78, 5) is 12.1. The Morgan fingerprint density at radius 1 is 1.10 bits per heavy atom. The number of rotatable bonds is 2. The number of hydrogen-bond acceptors (Lipinski definition) is 3. The van der Waals surface area contributed by atoms with Crippen molar-refractivity contribution < 1.29 is 14.3 Å². The van der Waals surface area contributed by atoms with Gasteiger partial charge in [-0.15, -0.1) is 0 Å².